The minimum atomic E-state index is -0.175. The number of benzene rings is 2. The van der Waals surface area contributed by atoms with Crippen LogP contribution in [0.15, 0.2) is 52.1 Å². The van der Waals surface area contributed by atoms with Gasteiger partial charge in [-0.3, -0.25) is 4.79 Å². The molecule has 1 N–H and O–H groups in total. The molecule has 0 saturated carbocycles. The highest BCUT2D eigenvalue weighted by molar-refractivity contribution is 7.99. The molecule has 2 aromatic carbocycles. The van der Waals surface area contributed by atoms with E-state index in [2.05, 4.69) is 21.6 Å². The summed E-state index contributed by atoms with van der Waals surface area (Å²) in [6.07, 6.45) is 0. The van der Waals surface area contributed by atoms with E-state index in [0.29, 0.717) is 22.6 Å². The molecule has 0 radical (unpaired) electrons. The molecule has 7 heteroatoms. The summed E-state index contributed by atoms with van der Waals surface area (Å²) in [5.41, 5.74) is 3.76. The van der Waals surface area contributed by atoms with Crippen LogP contribution in [0.2, 0.25) is 0 Å². The van der Waals surface area contributed by atoms with Gasteiger partial charge in [0.15, 0.2) is 0 Å². The van der Waals surface area contributed by atoms with Crippen molar-refractivity contribution in [2.75, 3.05) is 18.2 Å². The molecule has 0 aliphatic rings. The summed E-state index contributed by atoms with van der Waals surface area (Å²) in [6, 6.07) is 13.3. The zero-order chi connectivity index (χ0) is 18.5. The summed E-state index contributed by atoms with van der Waals surface area (Å²) >= 11 is 1.19. The van der Waals surface area contributed by atoms with Crippen molar-refractivity contribution >= 4 is 23.4 Å². The Morgan fingerprint density at radius 1 is 1.15 bits per heavy atom. The number of amides is 1. The number of aromatic nitrogens is 2. The van der Waals surface area contributed by atoms with Crippen LogP contribution >= 0.6 is 11.8 Å². The van der Waals surface area contributed by atoms with Gasteiger partial charge in [0.05, 0.1) is 18.6 Å². The number of hydrogen-bond acceptors (Lipinski definition) is 6. The topological polar surface area (TPSA) is 77.2 Å². The van der Waals surface area contributed by atoms with E-state index >= 15 is 0 Å². The molecular formula is C19H19N3O3S. The minimum absolute atomic E-state index is 0.159. The predicted molar refractivity (Wildman–Crippen MR) is 102 cm³/mol. The monoisotopic (exact) mass is 369 g/mol. The zero-order valence-electron chi connectivity index (χ0n) is 14.8. The van der Waals surface area contributed by atoms with Crippen molar-refractivity contribution in [2.24, 2.45) is 0 Å². The number of rotatable bonds is 6. The van der Waals surface area contributed by atoms with Crippen LogP contribution in [-0.2, 0) is 4.79 Å². The molecular weight excluding hydrogens is 350 g/mol. The molecule has 0 aliphatic carbocycles. The second-order valence-electron chi connectivity index (χ2n) is 5.79. The predicted octanol–water partition coefficient (Wildman–Crippen LogP) is 4.09. The lowest BCUT2D eigenvalue weighted by Crippen LogP contribution is -2.14. The van der Waals surface area contributed by atoms with Crippen molar-refractivity contribution in [1.82, 2.24) is 10.2 Å². The second-order valence-corrected chi connectivity index (χ2v) is 6.71. The number of thioether (sulfide) groups is 1. The molecule has 3 rings (SSSR count). The molecule has 1 aromatic heterocycles. The molecule has 0 atom stereocenters. The fourth-order valence-corrected chi connectivity index (χ4v) is 3.11. The van der Waals surface area contributed by atoms with Gasteiger partial charge in [0, 0.05) is 5.56 Å². The Morgan fingerprint density at radius 2 is 1.88 bits per heavy atom. The van der Waals surface area contributed by atoms with Gasteiger partial charge in [-0.2, -0.15) is 0 Å². The van der Waals surface area contributed by atoms with E-state index in [4.69, 9.17) is 9.15 Å². The fraction of sp³-hybridized carbons (Fsp3) is 0.211. The smallest absolute Gasteiger partial charge is 0.277 e. The van der Waals surface area contributed by atoms with Crippen molar-refractivity contribution in [1.29, 1.82) is 0 Å². The lowest BCUT2D eigenvalue weighted by Gasteiger charge is -2.08. The number of aryl methyl sites for hydroxylation is 2. The first-order valence-corrected chi connectivity index (χ1v) is 9.01. The van der Waals surface area contributed by atoms with Gasteiger partial charge in [0.2, 0.25) is 11.8 Å². The molecule has 26 heavy (non-hydrogen) atoms. The number of nitrogens with zero attached hydrogens (tertiary/aromatic N) is 2. The Labute approximate surface area is 156 Å². The average molecular weight is 369 g/mol. The molecule has 0 unspecified atom stereocenters. The number of anilines is 1. The Morgan fingerprint density at radius 3 is 2.62 bits per heavy atom. The summed E-state index contributed by atoms with van der Waals surface area (Å²) in [7, 11) is 1.56. The number of hydrogen-bond donors (Lipinski definition) is 1. The molecule has 0 fully saturated rings. The van der Waals surface area contributed by atoms with E-state index < -0.39 is 0 Å². The Hall–Kier alpha value is -2.80. The van der Waals surface area contributed by atoms with Crippen molar-refractivity contribution in [3.63, 3.8) is 0 Å². The third-order valence-corrected chi connectivity index (χ3v) is 4.40. The number of para-hydroxylation sites is 2. The molecule has 1 amide bonds. The Bertz CT molecular complexity index is 904. The van der Waals surface area contributed by atoms with Crippen LogP contribution < -0.4 is 10.1 Å². The SMILES string of the molecule is COc1ccccc1NC(=O)CSc1nnc(-c2cc(C)cc(C)c2)o1. The number of carbonyl (C=O) groups excluding carboxylic acids is 1. The molecule has 0 spiro atoms. The van der Waals surface area contributed by atoms with Gasteiger partial charge in [-0.25, -0.2) is 0 Å². The van der Waals surface area contributed by atoms with Crippen molar-refractivity contribution < 1.29 is 13.9 Å². The number of ether oxygens (including phenoxy) is 1. The van der Waals surface area contributed by atoms with Gasteiger partial charge in [-0.15, -0.1) is 10.2 Å². The zero-order valence-corrected chi connectivity index (χ0v) is 15.6. The first-order valence-electron chi connectivity index (χ1n) is 8.03. The maximum absolute atomic E-state index is 12.1. The third-order valence-electron chi connectivity index (χ3n) is 3.58. The van der Waals surface area contributed by atoms with Gasteiger partial charge in [-0.1, -0.05) is 41.1 Å². The highest BCUT2D eigenvalue weighted by Gasteiger charge is 2.13. The Kier molecular flexibility index (Phi) is 5.58. The van der Waals surface area contributed by atoms with Gasteiger partial charge >= 0.3 is 0 Å². The number of nitrogens with one attached hydrogen (secondary N) is 1. The van der Waals surface area contributed by atoms with Crippen LogP contribution in [0.3, 0.4) is 0 Å². The van der Waals surface area contributed by atoms with Crippen molar-refractivity contribution in [3.05, 3.63) is 53.6 Å². The highest BCUT2D eigenvalue weighted by atomic mass is 32.2. The highest BCUT2D eigenvalue weighted by Crippen LogP contribution is 2.26. The lowest BCUT2D eigenvalue weighted by molar-refractivity contribution is -0.113. The summed E-state index contributed by atoms with van der Waals surface area (Å²) in [4.78, 5) is 12.1. The summed E-state index contributed by atoms with van der Waals surface area (Å²) in [5, 5.41) is 11.2. The fourth-order valence-electron chi connectivity index (χ4n) is 2.54. The molecule has 0 saturated heterocycles. The van der Waals surface area contributed by atoms with Crippen LogP contribution in [0.1, 0.15) is 11.1 Å². The molecule has 0 bridgehead atoms. The quantitative estimate of drug-likeness (QED) is 0.660. The van der Waals surface area contributed by atoms with Gasteiger partial charge in [-0.05, 0) is 38.1 Å². The lowest BCUT2D eigenvalue weighted by atomic mass is 10.1. The standard InChI is InChI=1S/C19H19N3O3S/c1-12-8-13(2)10-14(9-12)18-21-22-19(25-18)26-11-17(23)20-15-6-4-5-7-16(15)24-3/h4-10H,11H2,1-3H3,(H,20,23). The second kappa shape index (κ2) is 8.05. The van der Waals surface area contributed by atoms with E-state index in [1.54, 1.807) is 19.2 Å². The third kappa shape index (κ3) is 4.43. The van der Waals surface area contributed by atoms with Crippen LogP contribution in [-0.4, -0.2) is 29.0 Å². The van der Waals surface area contributed by atoms with Crippen LogP contribution in [0, 0.1) is 13.8 Å². The van der Waals surface area contributed by atoms with Gasteiger partial charge in [0.25, 0.3) is 5.22 Å². The van der Waals surface area contributed by atoms with Crippen molar-refractivity contribution in [2.45, 2.75) is 19.1 Å². The first kappa shape index (κ1) is 18.0. The van der Waals surface area contributed by atoms with Crippen LogP contribution in [0.25, 0.3) is 11.5 Å². The molecule has 1 heterocycles. The molecule has 134 valence electrons. The largest absolute Gasteiger partial charge is 0.495 e. The summed E-state index contributed by atoms with van der Waals surface area (Å²) in [5.74, 6) is 1.04. The van der Waals surface area contributed by atoms with E-state index in [0.717, 1.165) is 16.7 Å². The number of methoxy groups -OCH3 is 1. The summed E-state index contributed by atoms with van der Waals surface area (Å²) in [6.45, 7) is 4.04. The maximum Gasteiger partial charge on any atom is 0.277 e. The average Bonchev–Trinajstić information content (AvgIpc) is 3.09. The normalized spacial score (nSPS) is 10.6. The summed E-state index contributed by atoms with van der Waals surface area (Å²) < 4.78 is 10.9. The molecule has 0 aliphatic heterocycles. The van der Waals surface area contributed by atoms with E-state index in [1.165, 1.54) is 11.8 Å². The molecule has 6 nitrogen and oxygen atoms in total. The maximum atomic E-state index is 12.1. The van der Waals surface area contributed by atoms with Crippen LogP contribution in [0.4, 0.5) is 5.69 Å². The Balaban J connectivity index is 1.62. The van der Waals surface area contributed by atoms with E-state index in [1.807, 2.05) is 38.1 Å². The molecule has 3 aromatic rings. The minimum Gasteiger partial charge on any atom is -0.495 e. The van der Waals surface area contributed by atoms with Crippen molar-refractivity contribution in [3.8, 4) is 17.2 Å². The van der Waals surface area contributed by atoms with Crippen LogP contribution in [0.5, 0.6) is 5.75 Å². The van der Waals surface area contributed by atoms with Gasteiger partial charge < -0.3 is 14.5 Å². The van der Waals surface area contributed by atoms with Gasteiger partial charge in [0.1, 0.15) is 5.75 Å². The van der Waals surface area contributed by atoms with E-state index in [-0.39, 0.29) is 11.7 Å². The van der Waals surface area contributed by atoms with E-state index in [9.17, 15) is 4.79 Å². The number of carbonyl (C=O) groups is 1. The first-order chi connectivity index (χ1) is 12.5.